The Balaban J connectivity index is 2.65. The number of carbonyl (C=O) groups is 1. The lowest BCUT2D eigenvalue weighted by molar-refractivity contribution is -0.137. The van der Waals surface area contributed by atoms with E-state index in [-0.39, 0.29) is 11.4 Å². The fraction of sp³-hybridized carbons (Fsp3) is 0.143. The van der Waals surface area contributed by atoms with Gasteiger partial charge in [-0.15, -0.1) is 0 Å². The second-order valence-corrected chi connectivity index (χ2v) is 5.04. The zero-order chi connectivity index (χ0) is 15.6. The fourth-order valence-electron chi connectivity index (χ4n) is 1.86. The molecule has 110 valence electrons. The number of rotatable bonds is 3. The summed E-state index contributed by atoms with van der Waals surface area (Å²) in [4.78, 5) is 15.1. The van der Waals surface area contributed by atoms with Crippen LogP contribution in [0.1, 0.15) is 15.9 Å². The SMILES string of the molecule is COc1ncc(Br)cc1-c1ccc(C(F)(F)F)cc1C=O. The number of aldehydes is 1. The summed E-state index contributed by atoms with van der Waals surface area (Å²) < 4.78 is 43.8. The van der Waals surface area contributed by atoms with Crippen molar-refractivity contribution in [3.05, 3.63) is 46.1 Å². The molecule has 0 amide bonds. The number of pyridine rings is 1. The summed E-state index contributed by atoms with van der Waals surface area (Å²) in [5.74, 6) is 0.223. The van der Waals surface area contributed by atoms with Crippen molar-refractivity contribution in [2.24, 2.45) is 0 Å². The molecule has 21 heavy (non-hydrogen) atoms. The van der Waals surface area contributed by atoms with Crippen molar-refractivity contribution >= 4 is 22.2 Å². The third-order valence-corrected chi connectivity index (χ3v) is 3.24. The van der Waals surface area contributed by atoms with E-state index in [1.807, 2.05) is 0 Å². The van der Waals surface area contributed by atoms with Gasteiger partial charge in [0.2, 0.25) is 5.88 Å². The molecule has 0 unspecified atom stereocenters. The van der Waals surface area contributed by atoms with Crippen LogP contribution in [0.2, 0.25) is 0 Å². The first kappa shape index (κ1) is 15.5. The molecular weight excluding hydrogens is 351 g/mol. The largest absolute Gasteiger partial charge is 0.481 e. The number of hydrogen-bond acceptors (Lipinski definition) is 3. The molecule has 2 aromatic rings. The quantitative estimate of drug-likeness (QED) is 0.764. The number of hydrogen-bond donors (Lipinski definition) is 0. The summed E-state index contributed by atoms with van der Waals surface area (Å²) in [6.45, 7) is 0. The van der Waals surface area contributed by atoms with Crippen LogP contribution in [0.3, 0.4) is 0 Å². The Hall–Kier alpha value is -1.89. The minimum Gasteiger partial charge on any atom is -0.481 e. The molecule has 1 aromatic carbocycles. The average molecular weight is 360 g/mol. The molecule has 0 radical (unpaired) electrons. The van der Waals surface area contributed by atoms with Crippen LogP contribution >= 0.6 is 15.9 Å². The molecule has 1 aromatic heterocycles. The highest BCUT2D eigenvalue weighted by atomic mass is 79.9. The van der Waals surface area contributed by atoms with E-state index in [0.717, 1.165) is 12.1 Å². The minimum absolute atomic E-state index is 0.0805. The van der Waals surface area contributed by atoms with Gasteiger partial charge in [-0.25, -0.2) is 4.98 Å². The smallest absolute Gasteiger partial charge is 0.416 e. The second-order valence-electron chi connectivity index (χ2n) is 4.13. The number of ether oxygens (including phenoxy) is 1. The van der Waals surface area contributed by atoms with Crippen LogP contribution in [0.5, 0.6) is 5.88 Å². The Morgan fingerprint density at radius 2 is 1.95 bits per heavy atom. The summed E-state index contributed by atoms with van der Waals surface area (Å²) in [6, 6.07) is 4.59. The Morgan fingerprint density at radius 3 is 2.52 bits per heavy atom. The van der Waals surface area contributed by atoms with Gasteiger partial charge < -0.3 is 4.74 Å². The van der Waals surface area contributed by atoms with E-state index in [0.29, 0.717) is 21.9 Å². The zero-order valence-corrected chi connectivity index (χ0v) is 12.3. The van der Waals surface area contributed by atoms with E-state index in [2.05, 4.69) is 20.9 Å². The second kappa shape index (κ2) is 5.85. The van der Waals surface area contributed by atoms with Crippen molar-refractivity contribution in [3.63, 3.8) is 0 Å². The highest BCUT2D eigenvalue weighted by Crippen LogP contribution is 2.36. The van der Waals surface area contributed by atoms with Crippen LogP contribution in [0.25, 0.3) is 11.1 Å². The van der Waals surface area contributed by atoms with Crippen LogP contribution < -0.4 is 4.74 Å². The summed E-state index contributed by atoms with van der Waals surface area (Å²) in [7, 11) is 1.39. The van der Waals surface area contributed by atoms with E-state index in [1.54, 1.807) is 6.07 Å². The van der Waals surface area contributed by atoms with Crippen molar-refractivity contribution in [2.75, 3.05) is 7.11 Å². The van der Waals surface area contributed by atoms with Gasteiger partial charge in [0.15, 0.2) is 6.29 Å². The van der Waals surface area contributed by atoms with Gasteiger partial charge in [-0.05, 0) is 39.7 Å². The van der Waals surface area contributed by atoms with Gasteiger partial charge in [0.1, 0.15) is 0 Å². The third kappa shape index (κ3) is 3.24. The maximum absolute atomic E-state index is 12.7. The maximum Gasteiger partial charge on any atom is 0.416 e. The highest BCUT2D eigenvalue weighted by molar-refractivity contribution is 9.10. The van der Waals surface area contributed by atoms with Gasteiger partial charge in [-0.1, -0.05) is 6.07 Å². The standard InChI is InChI=1S/C14H9BrF3NO2/c1-21-13-12(5-10(15)6-19-13)11-3-2-9(14(16,17)18)4-8(11)7-20/h2-7H,1H3. The fourth-order valence-corrected chi connectivity index (χ4v) is 2.20. The Kier molecular flexibility index (Phi) is 4.32. The molecule has 0 aliphatic carbocycles. The molecule has 0 aliphatic heterocycles. The monoisotopic (exact) mass is 359 g/mol. The molecule has 0 saturated carbocycles. The number of halogens is 4. The van der Waals surface area contributed by atoms with Crippen molar-refractivity contribution in [1.29, 1.82) is 0 Å². The maximum atomic E-state index is 12.7. The molecule has 3 nitrogen and oxygen atoms in total. The minimum atomic E-state index is -4.50. The summed E-state index contributed by atoms with van der Waals surface area (Å²) in [5, 5.41) is 0. The summed E-state index contributed by atoms with van der Waals surface area (Å²) in [6.07, 6.45) is -2.63. The number of alkyl halides is 3. The first-order valence-corrected chi connectivity index (χ1v) is 6.52. The third-order valence-electron chi connectivity index (χ3n) is 2.81. The number of nitrogens with zero attached hydrogens (tertiary/aromatic N) is 1. The molecule has 7 heteroatoms. The molecule has 0 aliphatic rings. The van der Waals surface area contributed by atoms with Crippen LogP contribution in [-0.2, 0) is 6.18 Å². The van der Waals surface area contributed by atoms with Crippen LogP contribution in [0.15, 0.2) is 34.9 Å². The lowest BCUT2D eigenvalue weighted by atomic mass is 9.99. The molecule has 0 bridgehead atoms. The Labute approximate surface area is 126 Å². The average Bonchev–Trinajstić information content (AvgIpc) is 2.45. The van der Waals surface area contributed by atoms with E-state index in [4.69, 9.17) is 4.74 Å². The van der Waals surface area contributed by atoms with E-state index in [9.17, 15) is 18.0 Å². The lowest BCUT2D eigenvalue weighted by Crippen LogP contribution is -2.06. The van der Waals surface area contributed by atoms with Gasteiger partial charge in [-0.2, -0.15) is 13.2 Å². The van der Waals surface area contributed by atoms with Crippen LogP contribution in [0.4, 0.5) is 13.2 Å². The summed E-state index contributed by atoms with van der Waals surface area (Å²) >= 11 is 3.23. The predicted octanol–water partition coefficient (Wildman–Crippen LogP) is 4.35. The predicted molar refractivity (Wildman–Crippen MR) is 74.3 cm³/mol. The number of methoxy groups -OCH3 is 1. The molecule has 0 N–H and O–H groups in total. The van der Waals surface area contributed by atoms with Crippen LogP contribution in [-0.4, -0.2) is 18.4 Å². The van der Waals surface area contributed by atoms with Gasteiger partial charge in [0.05, 0.1) is 12.7 Å². The molecule has 0 spiro atoms. The first-order valence-electron chi connectivity index (χ1n) is 5.73. The van der Waals surface area contributed by atoms with Crippen molar-refractivity contribution < 1.29 is 22.7 Å². The number of aromatic nitrogens is 1. The van der Waals surface area contributed by atoms with Crippen molar-refractivity contribution in [1.82, 2.24) is 4.98 Å². The highest BCUT2D eigenvalue weighted by Gasteiger charge is 2.31. The van der Waals surface area contributed by atoms with Gasteiger partial charge in [-0.3, -0.25) is 4.79 Å². The zero-order valence-electron chi connectivity index (χ0n) is 10.7. The normalized spacial score (nSPS) is 11.3. The van der Waals surface area contributed by atoms with Crippen molar-refractivity contribution in [2.45, 2.75) is 6.18 Å². The molecule has 0 saturated heterocycles. The van der Waals surface area contributed by atoms with Crippen LogP contribution in [0, 0.1) is 0 Å². The molecular formula is C14H9BrF3NO2. The Bertz CT molecular complexity index is 686. The molecule has 1 heterocycles. The topological polar surface area (TPSA) is 39.2 Å². The van der Waals surface area contributed by atoms with Gasteiger partial charge >= 0.3 is 6.18 Å². The number of carbonyl (C=O) groups excluding carboxylic acids is 1. The summed E-state index contributed by atoms with van der Waals surface area (Å²) in [5.41, 5.74) is -0.204. The van der Waals surface area contributed by atoms with Crippen molar-refractivity contribution in [3.8, 4) is 17.0 Å². The first-order chi connectivity index (χ1) is 9.86. The van der Waals surface area contributed by atoms with E-state index >= 15 is 0 Å². The molecule has 2 rings (SSSR count). The van der Waals surface area contributed by atoms with E-state index in [1.165, 1.54) is 19.4 Å². The number of benzene rings is 1. The molecule has 0 atom stereocenters. The Morgan fingerprint density at radius 1 is 1.24 bits per heavy atom. The van der Waals surface area contributed by atoms with E-state index < -0.39 is 11.7 Å². The molecule has 0 fully saturated rings. The van der Waals surface area contributed by atoms with Gasteiger partial charge in [0.25, 0.3) is 0 Å². The lowest BCUT2D eigenvalue weighted by Gasteiger charge is -2.12. The van der Waals surface area contributed by atoms with Gasteiger partial charge in [0, 0.05) is 21.8 Å².